The Labute approximate surface area is 192 Å². The summed E-state index contributed by atoms with van der Waals surface area (Å²) in [5.41, 5.74) is 7.11. The average Bonchev–Trinajstić information content (AvgIpc) is 2.82. The zero-order valence-corrected chi connectivity index (χ0v) is 18.8. The van der Waals surface area contributed by atoms with Gasteiger partial charge in [-0.25, -0.2) is 4.79 Å². The van der Waals surface area contributed by atoms with Crippen LogP contribution in [0.25, 0.3) is 0 Å². The summed E-state index contributed by atoms with van der Waals surface area (Å²) in [7, 11) is 0. The van der Waals surface area contributed by atoms with E-state index >= 15 is 0 Å². The molecule has 9 heteroatoms. The van der Waals surface area contributed by atoms with Gasteiger partial charge < -0.3 is 10.1 Å². The van der Waals surface area contributed by atoms with Crippen molar-refractivity contribution in [2.45, 2.75) is 17.1 Å². The Kier molecular flexibility index (Phi) is 6.17. The number of nitrogens with one attached hydrogen (secondary N) is 1. The van der Waals surface area contributed by atoms with Gasteiger partial charge in [-0.1, -0.05) is 76.6 Å². The van der Waals surface area contributed by atoms with E-state index in [2.05, 4.69) is 21.2 Å². The molecule has 2 atom stereocenters. The first-order valence-corrected chi connectivity index (χ1v) is 11.7. The van der Waals surface area contributed by atoms with Crippen molar-refractivity contribution in [1.82, 2.24) is 10.2 Å². The first-order chi connectivity index (χ1) is 15.0. The fourth-order valence-corrected chi connectivity index (χ4v) is 5.82. The van der Waals surface area contributed by atoms with Crippen LogP contribution in [0.5, 0.6) is 0 Å². The fourth-order valence-electron chi connectivity index (χ4n) is 3.71. The third-order valence-corrected chi connectivity index (χ3v) is 7.36. The largest absolute Gasteiger partial charge is 0.448 e. The van der Waals surface area contributed by atoms with Crippen molar-refractivity contribution >= 4 is 46.0 Å². The number of hydrogen-bond donors (Lipinski definition) is 2. The number of thioether (sulfide) groups is 1. The molecule has 3 N–H and O–H groups in total. The summed E-state index contributed by atoms with van der Waals surface area (Å²) >= 11 is 4.80. The van der Waals surface area contributed by atoms with Crippen LogP contribution < -0.4 is 11.1 Å². The second-order valence-electron chi connectivity index (χ2n) is 7.16. The maximum atomic E-state index is 13.4. The Bertz CT molecular complexity index is 994. The molecule has 2 amide bonds. The molecule has 7 nitrogen and oxygen atoms in total. The first-order valence-electron chi connectivity index (χ1n) is 9.55. The summed E-state index contributed by atoms with van der Waals surface area (Å²) in [6.45, 7) is 0. The van der Waals surface area contributed by atoms with Crippen LogP contribution in [0.2, 0.25) is 0 Å². The average molecular weight is 502 g/mol. The van der Waals surface area contributed by atoms with Crippen LogP contribution in [0.3, 0.4) is 0 Å². The number of benzene rings is 2. The Morgan fingerprint density at radius 2 is 1.81 bits per heavy atom. The molecule has 2 heterocycles. The highest BCUT2D eigenvalue weighted by Crippen LogP contribution is 2.44. The summed E-state index contributed by atoms with van der Waals surface area (Å²) in [5, 5.41) is 2.21. The highest BCUT2D eigenvalue weighted by Gasteiger charge is 2.63. The number of alkyl halides is 1. The van der Waals surface area contributed by atoms with E-state index in [1.54, 1.807) is 0 Å². The fraction of sp³-hybridized carbons (Fsp3) is 0.227. The number of halogens is 1. The number of nitrogens with two attached hydrogens (primary N) is 1. The lowest BCUT2D eigenvalue weighted by Crippen LogP contribution is -2.83. The summed E-state index contributed by atoms with van der Waals surface area (Å²) in [6, 6.07) is 18.8. The first kappa shape index (κ1) is 21.6. The van der Waals surface area contributed by atoms with Crippen LogP contribution in [0.4, 0.5) is 0 Å². The maximum Gasteiger partial charge on any atom is 0.356 e. The van der Waals surface area contributed by atoms with Gasteiger partial charge in [-0.2, -0.15) is 0 Å². The molecule has 4 rings (SSSR count). The van der Waals surface area contributed by atoms with E-state index in [9.17, 15) is 14.4 Å². The molecule has 2 aromatic carbocycles. The van der Waals surface area contributed by atoms with E-state index in [1.165, 1.54) is 16.7 Å². The molecule has 0 radical (unpaired) electrons. The number of carbonyl (C=O) groups excluding carboxylic acids is 3. The van der Waals surface area contributed by atoms with E-state index in [-0.39, 0.29) is 5.70 Å². The molecular formula is C22H20BrN3O4S. The van der Waals surface area contributed by atoms with Crippen LogP contribution in [-0.4, -0.2) is 45.3 Å². The molecule has 0 saturated carbocycles. The van der Waals surface area contributed by atoms with Crippen LogP contribution in [0.15, 0.2) is 71.9 Å². The summed E-state index contributed by atoms with van der Waals surface area (Å²) in [4.78, 5) is 38.5. The van der Waals surface area contributed by atoms with Gasteiger partial charge >= 0.3 is 5.97 Å². The summed E-state index contributed by atoms with van der Waals surface area (Å²) < 4.78 is 5.97. The zero-order valence-electron chi connectivity index (χ0n) is 16.4. The predicted octanol–water partition coefficient (Wildman–Crippen LogP) is 2.28. The molecule has 0 unspecified atom stereocenters. The van der Waals surface area contributed by atoms with Gasteiger partial charge in [0.05, 0.1) is 0 Å². The minimum absolute atomic E-state index is 0.177. The van der Waals surface area contributed by atoms with Crippen molar-refractivity contribution in [3.63, 3.8) is 0 Å². The second-order valence-corrected chi connectivity index (χ2v) is 8.79. The van der Waals surface area contributed by atoms with Crippen molar-refractivity contribution in [3.8, 4) is 0 Å². The third-order valence-electron chi connectivity index (χ3n) is 5.27. The number of β-lactam (4-membered cyclic amide) rings is 1. The van der Waals surface area contributed by atoms with Crippen LogP contribution >= 0.6 is 27.7 Å². The monoisotopic (exact) mass is 501 g/mol. The van der Waals surface area contributed by atoms with Crippen molar-refractivity contribution in [2.24, 2.45) is 5.73 Å². The Morgan fingerprint density at radius 3 is 2.32 bits per heavy atom. The molecule has 160 valence electrons. The molecule has 0 spiro atoms. The normalized spacial score (nSPS) is 22.6. The molecule has 0 aromatic heterocycles. The van der Waals surface area contributed by atoms with E-state index in [0.717, 1.165) is 16.7 Å². The molecule has 1 fully saturated rings. The van der Waals surface area contributed by atoms with Gasteiger partial charge in [-0.3, -0.25) is 20.2 Å². The topological polar surface area (TPSA) is 102 Å². The van der Waals surface area contributed by atoms with E-state index in [1.807, 2.05) is 60.7 Å². The number of nitrogens with zero attached hydrogens (tertiary/aromatic N) is 1. The number of hydrogen-bond acceptors (Lipinski definition) is 6. The van der Waals surface area contributed by atoms with Gasteiger partial charge in [-0.05, 0) is 16.7 Å². The van der Waals surface area contributed by atoms with E-state index in [4.69, 9.17) is 10.5 Å². The van der Waals surface area contributed by atoms with Gasteiger partial charge in [0, 0.05) is 11.1 Å². The number of carbonyl (C=O) groups is 3. The molecule has 0 aliphatic carbocycles. The maximum absolute atomic E-state index is 13.4. The lowest BCUT2D eigenvalue weighted by molar-refractivity contribution is -0.160. The molecular weight excluding hydrogens is 482 g/mol. The lowest BCUT2D eigenvalue weighted by Gasteiger charge is -2.55. The minimum atomic E-state index is -1.53. The molecule has 2 aliphatic rings. The number of esters is 1. The van der Waals surface area contributed by atoms with Crippen molar-refractivity contribution in [2.75, 3.05) is 11.1 Å². The van der Waals surface area contributed by atoms with Crippen molar-refractivity contribution in [1.29, 1.82) is 0 Å². The Hall–Kier alpha value is -2.62. The van der Waals surface area contributed by atoms with Gasteiger partial charge in [0.15, 0.2) is 6.10 Å². The number of amides is 2. The van der Waals surface area contributed by atoms with Crippen LogP contribution in [0.1, 0.15) is 17.2 Å². The van der Waals surface area contributed by atoms with E-state index in [0.29, 0.717) is 17.5 Å². The number of ether oxygens (including phenoxy) is 1. The number of rotatable bonds is 7. The van der Waals surface area contributed by atoms with Gasteiger partial charge in [-0.15, -0.1) is 11.8 Å². The Balaban J connectivity index is 1.67. The van der Waals surface area contributed by atoms with Crippen molar-refractivity contribution < 1.29 is 19.1 Å². The smallest absolute Gasteiger partial charge is 0.356 e. The van der Waals surface area contributed by atoms with Gasteiger partial charge in [0.25, 0.3) is 5.91 Å². The molecule has 2 aromatic rings. The quantitative estimate of drug-likeness (QED) is 0.198. The van der Waals surface area contributed by atoms with Crippen LogP contribution in [0, 0.1) is 0 Å². The third kappa shape index (κ3) is 3.77. The standard InChI is InChI=1S/C22H20BrN3O4S/c23-11-16-12-31-21-22(24,25-13-27)20(29)26(21)17(16)19(28)30-18(14-7-3-1-4-8-14)15-9-5-2-6-10-15/h1-10,13,18,21H,11-12,24H2,(H,25,27)/t21-,22-/m0/s1. The number of fused-ring (bicyclic) bond motifs is 1. The highest BCUT2D eigenvalue weighted by atomic mass is 79.9. The SMILES string of the molecule is N[C@]1(NC=O)C(=O)N2C(C(=O)OC(c3ccccc3)c3ccccc3)=C(CBr)CS[C@H]21. The summed E-state index contributed by atoms with van der Waals surface area (Å²) in [5.74, 6) is -0.678. The van der Waals surface area contributed by atoms with Crippen LogP contribution in [-0.2, 0) is 19.1 Å². The van der Waals surface area contributed by atoms with Gasteiger partial charge in [0.2, 0.25) is 12.1 Å². The highest BCUT2D eigenvalue weighted by molar-refractivity contribution is 9.09. The summed E-state index contributed by atoms with van der Waals surface area (Å²) in [6.07, 6.45) is -0.239. The predicted molar refractivity (Wildman–Crippen MR) is 121 cm³/mol. The second kappa shape index (κ2) is 8.86. The molecule has 2 aliphatic heterocycles. The molecule has 0 bridgehead atoms. The lowest BCUT2D eigenvalue weighted by atomic mass is 9.96. The van der Waals surface area contributed by atoms with Crippen molar-refractivity contribution in [3.05, 3.63) is 83.1 Å². The van der Waals surface area contributed by atoms with Gasteiger partial charge in [0.1, 0.15) is 11.1 Å². The molecule has 31 heavy (non-hydrogen) atoms. The van der Waals surface area contributed by atoms with E-state index < -0.39 is 29.0 Å². The molecule has 1 saturated heterocycles. The Morgan fingerprint density at radius 1 is 1.23 bits per heavy atom. The zero-order chi connectivity index (χ0) is 22.0. The minimum Gasteiger partial charge on any atom is -0.448 e.